The molecule has 4 aromatic rings. The van der Waals surface area contributed by atoms with Crippen molar-refractivity contribution in [2.24, 2.45) is 0 Å². The van der Waals surface area contributed by atoms with Crippen molar-refractivity contribution in [2.75, 3.05) is 37.9 Å². The summed E-state index contributed by atoms with van der Waals surface area (Å²) in [7, 11) is -3.27. The average molecular weight is 478 g/mol. The van der Waals surface area contributed by atoms with Gasteiger partial charge in [0, 0.05) is 54.1 Å². The maximum atomic E-state index is 12.8. The number of sulfone groups is 1. The number of rotatable bonds is 5. The van der Waals surface area contributed by atoms with E-state index in [2.05, 4.69) is 15.3 Å². The minimum absolute atomic E-state index is 0.0327. The van der Waals surface area contributed by atoms with Crippen molar-refractivity contribution in [1.82, 2.24) is 19.4 Å². The van der Waals surface area contributed by atoms with Crippen molar-refractivity contribution in [2.45, 2.75) is 4.90 Å². The molecule has 0 atom stereocenters. The van der Waals surface area contributed by atoms with Crippen LogP contribution in [0, 0.1) is 0 Å². The molecular weight excluding hydrogens is 454 g/mol. The van der Waals surface area contributed by atoms with E-state index in [0.717, 1.165) is 11.1 Å². The number of hydrogen-bond acceptors (Lipinski definition) is 7. The van der Waals surface area contributed by atoms with Crippen LogP contribution in [0.2, 0.25) is 0 Å². The zero-order valence-electron chi connectivity index (χ0n) is 18.5. The van der Waals surface area contributed by atoms with Crippen LogP contribution in [0.4, 0.5) is 11.6 Å². The second-order valence-corrected chi connectivity index (χ2v) is 10.1. The number of anilines is 2. The van der Waals surface area contributed by atoms with Gasteiger partial charge in [0.2, 0.25) is 5.95 Å². The Morgan fingerprint density at radius 1 is 1.06 bits per heavy atom. The Balaban J connectivity index is 1.41. The van der Waals surface area contributed by atoms with Crippen LogP contribution in [0.15, 0.2) is 71.9 Å². The molecule has 0 unspecified atom stereocenters. The van der Waals surface area contributed by atoms with Crippen LogP contribution in [0.25, 0.3) is 16.7 Å². The summed E-state index contributed by atoms with van der Waals surface area (Å²) in [6, 6.07) is 15.8. The number of fused-ring (bicyclic) bond motifs is 1. The fourth-order valence-electron chi connectivity index (χ4n) is 3.85. The van der Waals surface area contributed by atoms with Gasteiger partial charge in [-0.15, -0.1) is 0 Å². The van der Waals surface area contributed by atoms with E-state index < -0.39 is 9.84 Å². The Labute approximate surface area is 196 Å². The molecule has 5 rings (SSSR count). The molecule has 9 nitrogen and oxygen atoms in total. The molecule has 174 valence electrons. The van der Waals surface area contributed by atoms with Crippen LogP contribution in [0.5, 0.6) is 0 Å². The molecule has 1 amide bonds. The molecule has 0 spiro atoms. The summed E-state index contributed by atoms with van der Waals surface area (Å²) < 4.78 is 30.7. The zero-order valence-corrected chi connectivity index (χ0v) is 19.3. The first kappa shape index (κ1) is 22.1. The largest absolute Gasteiger partial charge is 0.378 e. The second kappa shape index (κ2) is 8.88. The zero-order chi connectivity index (χ0) is 23.7. The molecule has 1 aliphatic heterocycles. The molecule has 3 heterocycles. The summed E-state index contributed by atoms with van der Waals surface area (Å²) in [6.07, 6.45) is 4.76. The highest BCUT2D eigenvalue weighted by molar-refractivity contribution is 7.90. The number of hydrogen-bond donors (Lipinski definition) is 1. The van der Waals surface area contributed by atoms with E-state index in [4.69, 9.17) is 4.74 Å². The molecule has 1 saturated heterocycles. The van der Waals surface area contributed by atoms with E-state index in [0.29, 0.717) is 49.1 Å². The molecule has 1 N–H and O–H groups in total. The Morgan fingerprint density at radius 3 is 2.56 bits per heavy atom. The highest BCUT2D eigenvalue weighted by Crippen LogP contribution is 2.23. The molecule has 1 aliphatic rings. The number of nitrogens with zero attached hydrogens (tertiary/aromatic N) is 4. The standard InChI is InChI=1S/C24H23N5O4S/c1-34(31,32)21-7-5-20(6-8-21)29-10-9-18-16-25-24(27-22(18)29)26-19-4-2-3-17(15-19)23(30)28-11-13-33-14-12-28/h2-10,15-16H,11-14H2,1H3,(H,25,26,27). The summed E-state index contributed by atoms with van der Waals surface area (Å²) in [6.45, 7) is 2.26. The number of carbonyl (C=O) groups excluding carboxylic acids is 1. The number of aromatic nitrogens is 3. The van der Waals surface area contributed by atoms with Gasteiger partial charge in [0.15, 0.2) is 9.84 Å². The van der Waals surface area contributed by atoms with E-state index in [-0.39, 0.29) is 10.8 Å². The van der Waals surface area contributed by atoms with Crippen molar-refractivity contribution >= 4 is 38.4 Å². The van der Waals surface area contributed by atoms with Crippen LogP contribution >= 0.6 is 0 Å². The summed E-state index contributed by atoms with van der Waals surface area (Å²) >= 11 is 0. The lowest BCUT2D eigenvalue weighted by atomic mass is 10.1. The first-order valence-electron chi connectivity index (χ1n) is 10.8. The van der Waals surface area contributed by atoms with Gasteiger partial charge < -0.3 is 19.5 Å². The van der Waals surface area contributed by atoms with Gasteiger partial charge in [0.1, 0.15) is 5.65 Å². The average Bonchev–Trinajstić information content (AvgIpc) is 3.27. The third-order valence-electron chi connectivity index (χ3n) is 5.63. The highest BCUT2D eigenvalue weighted by atomic mass is 32.2. The molecule has 0 bridgehead atoms. The molecule has 2 aromatic carbocycles. The molecule has 34 heavy (non-hydrogen) atoms. The van der Waals surface area contributed by atoms with Gasteiger partial charge in [-0.05, 0) is 48.5 Å². The van der Waals surface area contributed by atoms with Gasteiger partial charge in [-0.2, -0.15) is 4.98 Å². The molecule has 2 aromatic heterocycles. The number of morpholine rings is 1. The Hall–Kier alpha value is -3.76. The molecule has 10 heteroatoms. The van der Waals surface area contributed by atoms with Crippen LogP contribution < -0.4 is 5.32 Å². The van der Waals surface area contributed by atoms with Gasteiger partial charge in [-0.25, -0.2) is 13.4 Å². The van der Waals surface area contributed by atoms with Crippen LogP contribution in [0.1, 0.15) is 10.4 Å². The van der Waals surface area contributed by atoms with E-state index in [1.807, 2.05) is 29.0 Å². The summed E-state index contributed by atoms with van der Waals surface area (Å²) in [5, 5.41) is 4.02. The van der Waals surface area contributed by atoms with Gasteiger partial charge in [-0.3, -0.25) is 4.79 Å². The lowest BCUT2D eigenvalue weighted by Gasteiger charge is -2.27. The van der Waals surface area contributed by atoms with Gasteiger partial charge in [0.25, 0.3) is 5.91 Å². The summed E-state index contributed by atoms with van der Waals surface area (Å²) in [5.74, 6) is 0.353. The number of carbonyl (C=O) groups is 1. The Bertz CT molecular complexity index is 1460. The van der Waals surface area contributed by atoms with Crippen molar-refractivity contribution in [3.05, 3.63) is 72.6 Å². The molecule has 0 aliphatic carbocycles. The third-order valence-corrected chi connectivity index (χ3v) is 6.76. The normalized spacial score (nSPS) is 14.3. The summed E-state index contributed by atoms with van der Waals surface area (Å²) in [5.41, 5.74) is 2.74. The monoisotopic (exact) mass is 477 g/mol. The third kappa shape index (κ3) is 4.50. The van der Waals surface area contributed by atoms with Crippen molar-refractivity contribution in [3.63, 3.8) is 0 Å². The van der Waals surface area contributed by atoms with E-state index in [9.17, 15) is 13.2 Å². The first-order valence-corrected chi connectivity index (χ1v) is 12.7. The minimum Gasteiger partial charge on any atom is -0.378 e. The molecule has 0 saturated carbocycles. The number of nitrogens with one attached hydrogen (secondary N) is 1. The molecular formula is C24H23N5O4S. The van der Waals surface area contributed by atoms with Crippen molar-refractivity contribution in [1.29, 1.82) is 0 Å². The minimum atomic E-state index is -3.27. The van der Waals surface area contributed by atoms with Crippen molar-refractivity contribution in [3.8, 4) is 5.69 Å². The van der Waals surface area contributed by atoms with Gasteiger partial charge in [0.05, 0.1) is 18.1 Å². The van der Waals surface area contributed by atoms with E-state index in [1.165, 1.54) is 6.26 Å². The first-order chi connectivity index (χ1) is 16.4. The second-order valence-electron chi connectivity index (χ2n) is 8.03. The lowest BCUT2D eigenvalue weighted by Crippen LogP contribution is -2.40. The fourth-order valence-corrected chi connectivity index (χ4v) is 4.48. The van der Waals surface area contributed by atoms with Crippen molar-refractivity contribution < 1.29 is 17.9 Å². The quantitative estimate of drug-likeness (QED) is 0.471. The Morgan fingerprint density at radius 2 is 1.82 bits per heavy atom. The SMILES string of the molecule is CS(=O)(=O)c1ccc(-n2ccc3cnc(Nc4cccc(C(=O)N5CCOCC5)c4)nc32)cc1. The predicted octanol–water partition coefficient (Wildman–Crippen LogP) is 3.04. The smallest absolute Gasteiger partial charge is 0.254 e. The number of ether oxygens (including phenoxy) is 1. The molecule has 0 radical (unpaired) electrons. The molecule has 1 fully saturated rings. The number of benzene rings is 2. The van der Waals surface area contributed by atoms with Crippen LogP contribution in [-0.4, -0.2) is 66.3 Å². The summed E-state index contributed by atoms with van der Waals surface area (Å²) in [4.78, 5) is 23.9. The maximum absolute atomic E-state index is 12.8. The predicted molar refractivity (Wildman–Crippen MR) is 128 cm³/mol. The maximum Gasteiger partial charge on any atom is 0.254 e. The highest BCUT2D eigenvalue weighted by Gasteiger charge is 2.19. The van der Waals surface area contributed by atoms with Crippen LogP contribution in [0.3, 0.4) is 0 Å². The topological polar surface area (TPSA) is 106 Å². The van der Waals surface area contributed by atoms with Gasteiger partial charge >= 0.3 is 0 Å². The Kier molecular flexibility index (Phi) is 5.76. The fraction of sp³-hybridized carbons (Fsp3) is 0.208. The van der Waals surface area contributed by atoms with E-state index in [1.54, 1.807) is 47.5 Å². The lowest BCUT2D eigenvalue weighted by molar-refractivity contribution is 0.0303. The van der Waals surface area contributed by atoms with Gasteiger partial charge in [-0.1, -0.05) is 6.07 Å². The van der Waals surface area contributed by atoms with Crippen LogP contribution in [-0.2, 0) is 14.6 Å². The number of amides is 1. The van der Waals surface area contributed by atoms with E-state index >= 15 is 0 Å².